The van der Waals surface area contributed by atoms with Crippen LogP contribution in [0.1, 0.15) is 36.0 Å². The van der Waals surface area contributed by atoms with Crippen LogP contribution in [0, 0.1) is 11.7 Å². The number of benzene rings is 1. The lowest BCUT2D eigenvalue weighted by atomic mass is 9.85. The summed E-state index contributed by atoms with van der Waals surface area (Å²) in [7, 11) is 0. The minimum atomic E-state index is -0.712. The monoisotopic (exact) mass is 285 g/mol. The van der Waals surface area contributed by atoms with Gasteiger partial charge in [-0.15, -0.1) is 11.6 Å². The van der Waals surface area contributed by atoms with Crippen LogP contribution in [0.2, 0.25) is 0 Å². The molecule has 2 N–H and O–H groups in total. The number of nitrogens with one attached hydrogen (secondary N) is 1. The lowest BCUT2D eigenvalue weighted by Crippen LogP contribution is -2.43. The number of hydrogen-bond donors (Lipinski definition) is 2. The summed E-state index contributed by atoms with van der Waals surface area (Å²) >= 11 is 5.89. The Labute approximate surface area is 116 Å². The Balaban J connectivity index is 2.12. The molecule has 2 rings (SSSR count). The van der Waals surface area contributed by atoms with Crippen molar-refractivity contribution in [1.29, 1.82) is 0 Å². The molecule has 1 saturated carbocycles. The largest absolute Gasteiger partial charge is 0.507 e. The van der Waals surface area contributed by atoms with Crippen molar-refractivity contribution in [2.75, 3.05) is 5.88 Å². The summed E-state index contributed by atoms with van der Waals surface area (Å²) in [6, 6.07) is 3.79. The number of carbonyl (C=O) groups excluding carboxylic acids is 1. The first kappa shape index (κ1) is 14.1. The molecule has 0 aromatic heterocycles. The molecule has 0 heterocycles. The molecule has 104 valence electrons. The van der Waals surface area contributed by atoms with Crippen molar-refractivity contribution in [3.05, 3.63) is 29.6 Å². The van der Waals surface area contributed by atoms with Crippen LogP contribution < -0.4 is 5.32 Å². The molecular formula is C14H17ClFNO2. The molecule has 0 spiro atoms. The number of aromatic hydroxyl groups is 1. The predicted octanol–water partition coefficient (Wildman–Crippen LogP) is 3.06. The maximum absolute atomic E-state index is 13.6. The zero-order valence-electron chi connectivity index (χ0n) is 10.5. The van der Waals surface area contributed by atoms with E-state index in [0.29, 0.717) is 5.88 Å². The maximum Gasteiger partial charge on any atom is 0.258 e. The van der Waals surface area contributed by atoms with Gasteiger partial charge < -0.3 is 10.4 Å². The number of rotatable bonds is 3. The number of phenolic OH excluding ortho intramolecular Hbond substituents is 1. The molecule has 3 nitrogen and oxygen atoms in total. The highest BCUT2D eigenvalue weighted by atomic mass is 35.5. The molecule has 1 aromatic rings. The van der Waals surface area contributed by atoms with E-state index >= 15 is 0 Å². The SMILES string of the molecule is O=C(NC1CCCCC1CCl)c1c(O)cccc1F. The zero-order chi connectivity index (χ0) is 13.8. The van der Waals surface area contributed by atoms with E-state index in [-0.39, 0.29) is 23.3 Å². The minimum Gasteiger partial charge on any atom is -0.507 e. The number of phenols is 1. The van der Waals surface area contributed by atoms with Crippen LogP contribution in [-0.2, 0) is 0 Å². The summed E-state index contributed by atoms with van der Waals surface area (Å²) in [5.74, 6) is -0.925. The van der Waals surface area contributed by atoms with Gasteiger partial charge in [-0.05, 0) is 30.9 Å². The van der Waals surface area contributed by atoms with E-state index in [1.54, 1.807) is 0 Å². The first-order chi connectivity index (χ1) is 9.13. The van der Waals surface area contributed by atoms with E-state index in [2.05, 4.69) is 5.32 Å². The van der Waals surface area contributed by atoms with Gasteiger partial charge in [-0.2, -0.15) is 0 Å². The molecule has 0 saturated heterocycles. The summed E-state index contributed by atoms with van der Waals surface area (Å²) in [6.07, 6.45) is 3.95. The summed E-state index contributed by atoms with van der Waals surface area (Å²) in [6.45, 7) is 0. The van der Waals surface area contributed by atoms with Gasteiger partial charge in [0.05, 0.1) is 0 Å². The van der Waals surface area contributed by atoms with Gasteiger partial charge in [0.2, 0.25) is 0 Å². The van der Waals surface area contributed by atoms with Crippen LogP contribution in [0.4, 0.5) is 4.39 Å². The summed E-state index contributed by atoms with van der Waals surface area (Å²) < 4.78 is 13.6. The van der Waals surface area contributed by atoms with Crippen LogP contribution >= 0.6 is 11.6 Å². The van der Waals surface area contributed by atoms with Gasteiger partial charge in [0.25, 0.3) is 5.91 Å². The van der Waals surface area contributed by atoms with E-state index in [4.69, 9.17) is 11.6 Å². The number of halogens is 2. The molecule has 1 aromatic carbocycles. The quantitative estimate of drug-likeness (QED) is 0.839. The standard InChI is InChI=1S/C14H17ClFNO2/c15-8-9-4-1-2-6-11(9)17-14(19)13-10(16)5-3-7-12(13)18/h3,5,7,9,11,18H,1-2,4,6,8H2,(H,17,19). The highest BCUT2D eigenvalue weighted by Gasteiger charge is 2.27. The number of alkyl halides is 1. The van der Waals surface area contributed by atoms with Crippen LogP contribution in [0.25, 0.3) is 0 Å². The minimum absolute atomic E-state index is 0.0437. The van der Waals surface area contributed by atoms with Crippen molar-refractivity contribution in [3.8, 4) is 5.75 Å². The van der Waals surface area contributed by atoms with Crippen molar-refractivity contribution >= 4 is 17.5 Å². The fourth-order valence-electron chi connectivity index (χ4n) is 2.56. The lowest BCUT2D eigenvalue weighted by Gasteiger charge is -2.30. The Morgan fingerprint density at radius 2 is 2.16 bits per heavy atom. The smallest absolute Gasteiger partial charge is 0.258 e. The van der Waals surface area contributed by atoms with Gasteiger partial charge in [0.1, 0.15) is 17.1 Å². The highest BCUT2D eigenvalue weighted by Crippen LogP contribution is 2.27. The Hall–Kier alpha value is -1.29. The van der Waals surface area contributed by atoms with Gasteiger partial charge in [-0.1, -0.05) is 18.9 Å². The van der Waals surface area contributed by atoms with Crippen LogP contribution in [0.3, 0.4) is 0 Å². The first-order valence-electron chi connectivity index (χ1n) is 6.47. The van der Waals surface area contributed by atoms with Crippen LogP contribution in [-0.4, -0.2) is 22.9 Å². The van der Waals surface area contributed by atoms with Crippen molar-refractivity contribution in [2.45, 2.75) is 31.7 Å². The normalized spacial score (nSPS) is 23.1. The van der Waals surface area contributed by atoms with E-state index in [0.717, 1.165) is 31.7 Å². The van der Waals surface area contributed by atoms with Gasteiger partial charge in [-0.3, -0.25) is 4.79 Å². The average Bonchev–Trinajstić information content (AvgIpc) is 2.39. The molecule has 19 heavy (non-hydrogen) atoms. The van der Waals surface area contributed by atoms with E-state index in [9.17, 15) is 14.3 Å². The first-order valence-corrected chi connectivity index (χ1v) is 7.01. The van der Waals surface area contributed by atoms with Gasteiger partial charge in [0.15, 0.2) is 0 Å². The number of amides is 1. The molecule has 1 amide bonds. The fraction of sp³-hybridized carbons (Fsp3) is 0.500. The second-order valence-electron chi connectivity index (χ2n) is 4.91. The van der Waals surface area contributed by atoms with E-state index in [1.807, 2.05) is 0 Å². The molecule has 1 fully saturated rings. The molecule has 2 atom stereocenters. The molecule has 1 aliphatic rings. The van der Waals surface area contributed by atoms with Crippen LogP contribution in [0.5, 0.6) is 5.75 Å². The van der Waals surface area contributed by atoms with Crippen molar-refractivity contribution < 1.29 is 14.3 Å². The average molecular weight is 286 g/mol. The molecule has 2 unspecified atom stereocenters. The summed E-state index contributed by atoms with van der Waals surface area (Å²) in [4.78, 5) is 12.1. The highest BCUT2D eigenvalue weighted by molar-refractivity contribution is 6.18. The molecule has 1 aliphatic carbocycles. The Morgan fingerprint density at radius 1 is 1.42 bits per heavy atom. The van der Waals surface area contributed by atoms with Crippen molar-refractivity contribution in [2.24, 2.45) is 5.92 Å². The fourth-order valence-corrected chi connectivity index (χ4v) is 2.93. The predicted molar refractivity (Wildman–Crippen MR) is 72.0 cm³/mol. The Morgan fingerprint density at radius 3 is 2.84 bits per heavy atom. The third kappa shape index (κ3) is 3.18. The van der Waals surface area contributed by atoms with Gasteiger partial charge >= 0.3 is 0 Å². The lowest BCUT2D eigenvalue weighted by molar-refractivity contribution is 0.0904. The van der Waals surface area contributed by atoms with Gasteiger partial charge in [0, 0.05) is 11.9 Å². The third-order valence-corrected chi connectivity index (χ3v) is 4.04. The number of carbonyl (C=O) groups is 1. The topological polar surface area (TPSA) is 49.3 Å². The molecule has 0 bridgehead atoms. The second kappa shape index (κ2) is 6.24. The van der Waals surface area contributed by atoms with Crippen LogP contribution in [0.15, 0.2) is 18.2 Å². The zero-order valence-corrected chi connectivity index (χ0v) is 11.3. The van der Waals surface area contributed by atoms with Crippen molar-refractivity contribution in [1.82, 2.24) is 5.32 Å². The molecule has 5 heteroatoms. The molecular weight excluding hydrogens is 269 g/mol. The Bertz CT molecular complexity index is 447. The van der Waals surface area contributed by atoms with Crippen molar-refractivity contribution in [3.63, 3.8) is 0 Å². The van der Waals surface area contributed by atoms with E-state index in [1.165, 1.54) is 12.1 Å². The third-order valence-electron chi connectivity index (χ3n) is 3.64. The Kier molecular flexibility index (Phi) is 4.64. The van der Waals surface area contributed by atoms with E-state index < -0.39 is 11.7 Å². The molecule has 0 radical (unpaired) electrons. The summed E-state index contributed by atoms with van der Waals surface area (Å²) in [5.41, 5.74) is -0.290. The maximum atomic E-state index is 13.6. The van der Waals surface area contributed by atoms with Gasteiger partial charge in [-0.25, -0.2) is 4.39 Å². The number of hydrogen-bond acceptors (Lipinski definition) is 2. The summed E-state index contributed by atoms with van der Waals surface area (Å²) in [5, 5.41) is 12.4. The molecule has 0 aliphatic heterocycles. The second-order valence-corrected chi connectivity index (χ2v) is 5.22.